The Hall–Kier alpha value is -2.25. The molecule has 38 heavy (non-hydrogen) atoms. The second-order valence-electron chi connectivity index (χ2n) is 8.76. The maximum absolute atomic E-state index is 14.3. The van der Waals surface area contributed by atoms with Crippen LogP contribution in [0.2, 0.25) is 15.1 Å². The second kappa shape index (κ2) is 15.4. The van der Waals surface area contributed by atoms with E-state index in [1.165, 1.54) is 28.8 Å². The molecule has 0 bridgehead atoms. The van der Waals surface area contributed by atoms with Crippen molar-refractivity contribution in [2.75, 3.05) is 12.3 Å². The maximum atomic E-state index is 14.3. The number of amides is 2. The maximum Gasteiger partial charge on any atom is 0.243 e. The highest BCUT2D eigenvalue weighted by atomic mass is 35.5. The summed E-state index contributed by atoms with van der Waals surface area (Å²) < 4.78 is 14.3. The van der Waals surface area contributed by atoms with Crippen molar-refractivity contribution < 1.29 is 14.0 Å². The monoisotopic (exact) mass is 594 g/mol. The fourth-order valence-electron chi connectivity index (χ4n) is 3.91. The summed E-state index contributed by atoms with van der Waals surface area (Å²) in [5.74, 6) is -0.732. The average molecular weight is 596 g/mol. The van der Waals surface area contributed by atoms with Gasteiger partial charge in [0.15, 0.2) is 0 Å². The normalized spacial score (nSPS) is 11.7. The Balaban J connectivity index is 1.90. The van der Waals surface area contributed by atoms with Crippen LogP contribution in [-0.2, 0) is 28.3 Å². The van der Waals surface area contributed by atoms with E-state index in [9.17, 15) is 14.0 Å². The molecule has 0 saturated heterocycles. The lowest BCUT2D eigenvalue weighted by molar-refractivity contribution is -0.139. The van der Waals surface area contributed by atoms with Crippen molar-refractivity contribution in [2.45, 2.75) is 44.5 Å². The number of thioether (sulfide) groups is 1. The van der Waals surface area contributed by atoms with Gasteiger partial charge in [-0.2, -0.15) is 0 Å². The molecule has 1 atom stereocenters. The Morgan fingerprint density at radius 1 is 0.921 bits per heavy atom. The zero-order valence-corrected chi connectivity index (χ0v) is 24.1. The van der Waals surface area contributed by atoms with Gasteiger partial charge in [-0.3, -0.25) is 9.59 Å². The van der Waals surface area contributed by atoms with Gasteiger partial charge in [-0.05, 0) is 36.2 Å². The number of rotatable bonds is 13. The number of nitrogens with one attached hydrogen (secondary N) is 1. The van der Waals surface area contributed by atoms with Crippen LogP contribution in [0.3, 0.4) is 0 Å². The third-order valence-corrected chi connectivity index (χ3v) is 8.03. The van der Waals surface area contributed by atoms with Crippen LogP contribution >= 0.6 is 46.6 Å². The first-order chi connectivity index (χ1) is 18.3. The Kier molecular flexibility index (Phi) is 12.3. The average Bonchev–Trinajstić information content (AvgIpc) is 2.90. The molecule has 3 aromatic carbocycles. The summed E-state index contributed by atoms with van der Waals surface area (Å²) in [4.78, 5) is 28.7. The fraction of sp³-hybridized carbons (Fsp3) is 0.310. The molecule has 0 radical (unpaired) electrons. The largest absolute Gasteiger partial charge is 0.354 e. The van der Waals surface area contributed by atoms with Crippen molar-refractivity contribution in [2.24, 2.45) is 0 Å². The minimum absolute atomic E-state index is 0.0142. The van der Waals surface area contributed by atoms with E-state index < -0.39 is 11.9 Å². The number of benzene rings is 3. The van der Waals surface area contributed by atoms with Crippen molar-refractivity contribution >= 4 is 58.4 Å². The molecule has 0 unspecified atom stereocenters. The van der Waals surface area contributed by atoms with Crippen molar-refractivity contribution in [1.29, 1.82) is 0 Å². The van der Waals surface area contributed by atoms with Gasteiger partial charge in [0.1, 0.15) is 11.9 Å². The van der Waals surface area contributed by atoms with Crippen LogP contribution in [-0.4, -0.2) is 35.1 Å². The highest BCUT2D eigenvalue weighted by Gasteiger charge is 2.31. The van der Waals surface area contributed by atoms with Gasteiger partial charge in [-0.15, -0.1) is 11.8 Å². The molecular formula is C29H30Cl3FN2O2S. The van der Waals surface area contributed by atoms with Crippen molar-refractivity contribution in [3.63, 3.8) is 0 Å². The summed E-state index contributed by atoms with van der Waals surface area (Å²) in [6.45, 7) is 2.61. The highest BCUT2D eigenvalue weighted by Crippen LogP contribution is 2.28. The summed E-state index contributed by atoms with van der Waals surface area (Å²) in [7, 11) is 0. The quantitative estimate of drug-likeness (QED) is 0.207. The second-order valence-corrected chi connectivity index (χ2v) is 11.0. The van der Waals surface area contributed by atoms with E-state index in [-0.39, 0.29) is 29.9 Å². The Bertz CT molecular complexity index is 1190. The van der Waals surface area contributed by atoms with Gasteiger partial charge < -0.3 is 10.2 Å². The summed E-state index contributed by atoms with van der Waals surface area (Å²) >= 11 is 20.3. The molecule has 0 spiro atoms. The van der Waals surface area contributed by atoms with Crippen molar-refractivity contribution in [1.82, 2.24) is 10.2 Å². The molecule has 0 aliphatic carbocycles. The molecule has 1 N–H and O–H groups in total. The predicted molar refractivity (Wildman–Crippen MR) is 156 cm³/mol. The first-order valence-electron chi connectivity index (χ1n) is 12.4. The molecule has 3 rings (SSSR count). The molecule has 202 valence electrons. The van der Waals surface area contributed by atoms with E-state index in [2.05, 4.69) is 5.32 Å². The molecule has 4 nitrogen and oxygen atoms in total. The molecule has 0 aliphatic heterocycles. The van der Waals surface area contributed by atoms with Crippen LogP contribution < -0.4 is 5.32 Å². The highest BCUT2D eigenvalue weighted by molar-refractivity contribution is 7.99. The molecule has 0 heterocycles. The van der Waals surface area contributed by atoms with Crippen LogP contribution in [0.25, 0.3) is 0 Å². The van der Waals surface area contributed by atoms with E-state index in [0.717, 1.165) is 18.4 Å². The fourth-order valence-corrected chi connectivity index (χ4v) is 5.67. The van der Waals surface area contributed by atoms with E-state index in [0.29, 0.717) is 39.2 Å². The van der Waals surface area contributed by atoms with Gasteiger partial charge in [-0.1, -0.05) is 90.6 Å². The smallest absolute Gasteiger partial charge is 0.243 e. The number of nitrogens with zero attached hydrogens (tertiary/aromatic N) is 1. The van der Waals surface area contributed by atoms with Gasteiger partial charge >= 0.3 is 0 Å². The standard InChI is InChI=1S/C29H30Cl3FN2O2S/c1-2-3-15-34-29(37)27(16-20-9-5-4-6-10-20)35(17-21-23(30)11-7-12-24(21)31)28(36)19-38-18-22-25(32)13-8-14-26(22)33/h4-14,27H,2-3,15-19H2,1H3,(H,34,37)/t27-/m1/s1. The van der Waals surface area contributed by atoms with Crippen LogP contribution in [0.5, 0.6) is 0 Å². The summed E-state index contributed by atoms with van der Waals surface area (Å²) in [5.41, 5.74) is 1.81. The molecular weight excluding hydrogens is 566 g/mol. The van der Waals surface area contributed by atoms with E-state index in [1.807, 2.05) is 37.3 Å². The van der Waals surface area contributed by atoms with Gasteiger partial charge in [0, 0.05) is 51.5 Å². The van der Waals surface area contributed by atoms with E-state index in [1.54, 1.807) is 24.3 Å². The van der Waals surface area contributed by atoms with E-state index in [4.69, 9.17) is 34.8 Å². The van der Waals surface area contributed by atoms with E-state index >= 15 is 0 Å². The third kappa shape index (κ3) is 8.63. The zero-order chi connectivity index (χ0) is 27.5. The van der Waals surface area contributed by atoms with Gasteiger partial charge in [0.05, 0.1) is 5.75 Å². The number of hydrogen-bond acceptors (Lipinski definition) is 3. The van der Waals surface area contributed by atoms with Gasteiger partial charge in [-0.25, -0.2) is 4.39 Å². The zero-order valence-electron chi connectivity index (χ0n) is 21.1. The topological polar surface area (TPSA) is 49.4 Å². The first kappa shape index (κ1) is 30.3. The number of hydrogen-bond donors (Lipinski definition) is 1. The Labute approximate surface area is 242 Å². The van der Waals surface area contributed by atoms with Crippen molar-refractivity contribution in [3.8, 4) is 0 Å². The number of carbonyl (C=O) groups excluding carboxylic acids is 2. The molecule has 2 amide bonds. The lowest BCUT2D eigenvalue weighted by atomic mass is 10.0. The first-order valence-corrected chi connectivity index (χ1v) is 14.6. The SMILES string of the molecule is CCCCNC(=O)[C@@H](Cc1ccccc1)N(Cc1c(Cl)cccc1Cl)C(=O)CSCc1c(F)cccc1Cl. The van der Waals surface area contributed by atoms with Crippen LogP contribution in [0, 0.1) is 5.82 Å². The molecule has 0 fully saturated rings. The minimum Gasteiger partial charge on any atom is -0.354 e. The molecule has 0 aliphatic rings. The molecule has 9 heteroatoms. The van der Waals surface area contributed by atoms with Crippen molar-refractivity contribution in [3.05, 3.63) is 104 Å². The number of halogens is 4. The minimum atomic E-state index is -0.799. The van der Waals surface area contributed by atoms with Crippen LogP contribution in [0.4, 0.5) is 4.39 Å². The lowest BCUT2D eigenvalue weighted by Crippen LogP contribution is -2.51. The number of unbranched alkanes of at least 4 members (excludes halogenated alkanes) is 1. The third-order valence-electron chi connectivity index (χ3n) is 6.02. The van der Waals surface area contributed by atoms with Gasteiger partial charge in [0.2, 0.25) is 11.8 Å². The summed E-state index contributed by atoms with van der Waals surface area (Å²) in [6, 6.07) is 18.4. The van der Waals surface area contributed by atoms with Crippen LogP contribution in [0.1, 0.15) is 36.5 Å². The molecule has 0 aromatic heterocycles. The molecule has 0 saturated carbocycles. The summed E-state index contributed by atoms with van der Waals surface area (Å²) in [5, 5.41) is 4.10. The van der Waals surface area contributed by atoms with Gasteiger partial charge in [0.25, 0.3) is 0 Å². The lowest BCUT2D eigenvalue weighted by Gasteiger charge is -2.32. The van der Waals surface area contributed by atoms with Crippen LogP contribution in [0.15, 0.2) is 66.7 Å². The summed E-state index contributed by atoms with van der Waals surface area (Å²) in [6.07, 6.45) is 2.07. The Morgan fingerprint density at radius 3 is 2.18 bits per heavy atom. The molecule has 3 aromatic rings. The number of carbonyl (C=O) groups is 2. The Morgan fingerprint density at radius 2 is 1.55 bits per heavy atom. The predicted octanol–water partition coefficient (Wildman–Crippen LogP) is 7.58.